The minimum Gasteiger partial charge on any atom is -0.454 e. The van der Waals surface area contributed by atoms with Crippen molar-refractivity contribution in [2.45, 2.75) is 20.4 Å². The summed E-state index contributed by atoms with van der Waals surface area (Å²) in [5.74, 6) is 3.12. The largest absolute Gasteiger partial charge is 0.454 e. The third-order valence-electron chi connectivity index (χ3n) is 4.74. The molecular formula is C22H24N4O2. The van der Waals surface area contributed by atoms with Gasteiger partial charge in [-0.1, -0.05) is 36.4 Å². The van der Waals surface area contributed by atoms with Crippen LogP contribution in [-0.2, 0) is 6.54 Å². The van der Waals surface area contributed by atoms with E-state index in [-0.39, 0.29) is 6.79 Å². The molecule has 3 aromatic rings. The zero-order valence-electron chi connectivity index (χ0n) is 16.2. The number of benzene rings is 2. The predicted octanol–water partition coefficient (Wildman–Crippen LogP) is 4.33. The van der Waals surface area contributed by atoms with E-state index in [9.17, 15) is 0 Å². The Morgan fingerprint density at radius 2 is 1.71 bits per heavy atom. The van der Waals surface area contributed by atoms with Crippen molar-refractivity contribution in [2.75, 3.05) is 30.1 Å². The molecule has 6 heteroatoms. The molecule has 0 saturated heterocycles. The van der Waals surface area contributed by atoms with Crippen molar-refractivity contribution < 1.29 is 9.47 Å². The topological polar surface area (TPSA) is 59.5 Å². The summed E-state index contributed by atoms with van der Waals surface area (Å²) in [7, 11) is 0. The van der Waals surface area contributed by atoms with Gasteiger partial charge >= 0.3 is 0 Å². The number of nitrogens with one attached hydrogen (secondary N) is 1. The Balaban J connectivity index is 1.61. The first-order valence-corrected chi connectivity index (χ1v) is 9.58. The molecule has 1 aromatic heterocycles. The third-order valence-corrected chi connectivity index (χ3v) is 4.74. The second kappa shape index (κ2) is 8.17. The number of rotatable bonds is 7. The number of hydrogen-bond donors (Lipinski definition) is 1. The molecule has 0 radical (unpaired) electrons. The van der Waals surface area contributed by atoms with E-state index in [1.165, 1.54) is 0 Å². The van der Waals surface area contributed by atoms with Gasteiger partial charge < -0.3 is 19.7 Å². The van der Waals surface area contributed by atoms with E-state index in [2.05, 4.69) is 36.2 Å². The minimum atomic E-state index is 0.284. The summed E-state index contributed by atoms with van der Waals surface area (Å²) < 4.78 is 10.8. The van der Waals surface area contributed by atoms with Gasteiger partial charge in [-0.15, -0.1) is 0 Å². The molecule has 0 saturated carbocycles. The Labute approximate surface area is 165 Å². The molecule has 0 unspecified atom stereocenters. The first kappa shape index (κ1) is 18.1. The van der Waals surface area contributed by atoms with Crippen molar-refractivity contribution in [3.63, 3.8) is 0 Å². The second-order valence-electron chi connectivity index (χ2n) is 6.52. The average Bonchev–Trinajstić information content (AvgIpc) is 3.22. The van der Waals surface area contributed by atoms with E-state index in [1.54, 1.807) is 0 Å². The lowest BCUT2D eigenvalue weighted by Gasteiger charge is -2.20. The van der Waals surface area contributed by atoms with E-state index in [0.717, 1.165) is 53.2 Å². The molecule has 1 aliphatic rings. The Morgan fingerprint density at radius 1 is 0.929 bits per heavy atom. The highest BCUT2D eigenvalue weighted by Crippen LogP contribution is 2.32. The fourth-order valence-corrected chi connectivity index (χ4v) is 3.17. The fourth-order valence-electron chi connectivity index (χ4n) is 3.17. The first-order valence-electron chi connectivity index (χ1n) is 9.58. The standard InChI is InChI=1S/C22H24N4O2/c1-3-26(4-2)22-24-18(17-8-6-5-7-9-17)13-21(25-22)23-14-16-10-11-19-20(12-16)28-15-27-19/h5-13H,3-4,14-15H2,1-2H3,(H,23,24,25). The van der Waals surface area contributed by atoms with Crippen molar-refractivity contribution in [2.24, 2.45) is 0 Å². The molecule has 0 fully saturated rings. The van der Waals surface area contributed by atoms with E-state index in [1.807, 2.05) is 42.5 Å². The molecule has 144 valence electrons. The van der Waals surface area contributed by atoms with Gasteiger partial charge in [0, 0.05) is 31.3 Å². The maximum Gasteiger partial charge on any atom is 0.231 e. The Morgan fingerprint density at radius 3 is 2.50 bits per heavy atom. The van der Waals surface area contributed by atoms with Gasteiger partial charge in [0.2, 0.25) is 12.7 Å². The number of aromatic nitrogens is 2. The van der Waals surface area contributed by atoms with Gasteiger partial charge in [0.1, 0.15) is 5.82 Å². The molecule has 4 rings (SSSR count). The number of ether oxygens (including phenoxy) is 2. The number of anilines is 2. The van der Waals surface area contributed by atoms with E-state index >= 15 is 0 Å². The normalized spacial score (nSPS) is 12.1. The molecule has 6 nitrogen and oxygen atoms in total. The van der Waals surface area contributed by atoms with Crippen LogP contribution >= 0.6 is 0 Å². The van der Waals surface area contributed by atoms with Crippen LogP contribution in [0.15, 0.2) is 54.6 Å². The van der Waals surface area contributed by atoms with Crippen LogP contribution in [0.25, 0.3) is 11.3 Å². The van der Waals surface area contributed by atoms with Crippen LogP contribution in [0.1, 0.15) is 19.4 Å². The van der Waals surface area contributed by atoms with Crippen LogP contribution in [0.5, 0.6) is 11.5 Å². The molecule has 28 heavy (non-hydrogen) atoms. The Kier molecular flexibility index (Phi) is 5.28. The van der Waals surface area contributed by atoms with Crippen LogP contribution < -0.4 is 19.7 Å². The first-order chi connectivity index (χ1) is 13.8. The lowest BCUT2D eigenvalue weighted by Crippen LogP contribution is -2.24. The SMILES string of the molecule is CCN(CC)c1nc(NCc2ccc3c(c2)OCO3)cc(-c2ccccc2)n1. The summed E-state index contributed by atoms with van der Waals surface area (Å²) in [6, 6.07) is 18.2. The van der Waals surface area contributed by atoms with Crippen LogP contribution in [-0.4, -0.2) is 29.9 Å². The summed E-state index contributed by atoms with van der Waals surface area (Å²) in [6.07, 6.45) is 0. The Bertz CT molecular complexity index is 943. The molecule has 0 amide bonds. The van der Waals surface area contributed by atoms with E-state index in [4.69, 9.17) is 19.4 Å². The molecule has 1 N–H and O–H groups in total. The summed E-state index contributed by atoms with van der Waals surface area (Å²) >= 11 is 0. The van der Waals surface area contributed by atoms with Crippen molar-refractivity contribution in [1.29, 1.82) is 0 Å². The van der Waals surface area contributed by atoms with Crippen molar-refractivity contribution in [3.05, 3.63) is 60.2 Å². The maximum atomic E-state index is 5.47. The third kappa shape index (κ3) is 3.86. The van der Waals surface area contributed by atoms with Crippen LogP contribution in [0, 0.1) is 0 Å². The Hall–Kier alpha value is -3.28. The zero-order valence-corrected chi connectivity index (χ0v) is 16.2. The number of nitrogens with zero attached hydrogens (tertiary/aromatic N) is 3. The van der Waals surface area contributed by atoms with Crippen molar-refractivity contribution in [3.8, 4) is 22.8 Å². The molecule has 0 bridgehead atoms. The molecule has 0 atom stereocenters. The number of fused-ring (bicyclic) bond motifs is 1. The smallest absolute Gasteiger partial charge is 0.231 e. The van der Waals surface area contributed by atoms with Crippen LogP contribution in [0.4, 0.5) is 11.8 Å². The van der Waals surface area contributed by atoms with Crippen LogP contribution in [0.3, 0.4) is 0 Å². The van der Waals surface area contributed by atoms with Gasteiger partial charge in [-0.2, -0.15) is 4.98 Å². The van der Waals surface area contributed by atoms with E-state index < -0.39 is 0 Å². The second-order valence-corrected chi connectivity index (χ2v) is 6.52. The van der Waals surface area contributed by atoms with Gasteiger partial charge in [-0.05, 0) is 31.5 Å². The van der Waals surface area contributed by atoms with Gasteiger partial charge in [0.25, 0.3) is 0 Å². The van der Waals surface area contributed by atoms with Gasteiger partial charge in [0.15, 0.2) is 11.5 Å². The van der Waals surface area contributed by atoms with Gasteiger partial charge in [-0.3, -0.25) is 0 Å². The highest BCUT2D eigenvalue weighted by Gasteiger charge is 2.14. The average molecular weight is 376 g/mol. The highest BCUT2D eigenvalue weighted by atomic mass is 16.7. The molecule has 2 heterocycles. The summed E-state index contributed by atoms with van der Waals surface area (Å²) in [6.45, 7) is 6.86. The van der Waals surface area contributed by atoms with Crippen molar-refractivity contribution in [1.82, 2.24) is 9.97 Å². The highest BCUT2D eigenvalue weighted by molar-refractivity contribution is 5.64. The maximum absolute atomic E-state index is 5.47. The predicted molar refractivity (Wildman–Crippen MR) is 111 cm³/mol. The fraction of sp³-hybridized carbons (Fsp3) is 0.273. The minimum absolute atomic E-state index is 0.284. The lowest BCUT2D eigenvalue weighted by molar-refractivity contribution is 0.174. The van der Waals surface area contributed by atoms with Gasteiger partial charge in [-0.25, -0.2) is 4.98 Å². The molecule has 0 aliphatic carbocycles. The summed E-state index contributed by atoms with van der Waals surface area (Å²) in [5.41, 5.74) is 3.09. The summed E-state index contributed by atoms with van der Waals surface area (Å²) in [5, 5.41) is 3.43. The number of hydrogen-bond acceptors (Lipinski definition) is 6. The van der Waals surface area contributed by atoms with E-state index in [0.29, 0.717) is 6.54 Å². The zero-order chi connectivity index (χ0) is 19.3. The monoisotopic (exact) mass is 376 g/mol. The molecule has 1 aliphatic heterocycles. The lowest BCUT2D eigenvalue weighted by atomic mass is 10.1. The quantitative estimate of drug-likeness (QED) is 0.662. The molecular weight excluding hydrogens is 352 g/mol. The molecule has 2 aromatic carbocycles. The summed E-state index contributed by atoms with van der Waals surface area (Å²) in [4.78, 5) is 11.7. The van der Waals surface area contributed by atoms with Crippen molar-refractivity contribution >= 4 is 11.8 Å². The molecule has 0 spiro atoms. The van der Waals surface area contributed by atoms with Gasteiger partial charge in [0.05, 0.1) is 5.69 Å². The van der Waals surface area contributed by atoms with Crippen LogP contribution in [0.2, 0.25) is 0 Å².